The molecule has 0 radical (unpaired) electrons. The van der Waals surface area contributed by atoms with Gasteiger partial charge in [-0.1, -0.05) is 12.1 Å². The highest BCUT2D eigenvalue weighted by atomic mass is 16.5. The molecular weight excluding hydrogens is 310 g/mol. The van der Waals surface area contributed by atoms with Crippen LogP contribution in [-0.2, 0) is 14.3 Å². The lowest BCUT2D eigenvalue weighted by molar-refractivity contribution is -0.144. The molecule has 1 aromatic rings. The van der Waals surface area contributed by atoms with Gasteiger partial charge in [-0.2, -0.15) is 0 Å². The van der Waals surface area contributed by atoms with Crippen molar-refractivity contribution in [2.75, 3.05) is 32.9 Å². The molecule has 1 rings (SSSR count). The molecule has 6 heteroatoms. The van der Waals surface area contributed by atoms with Gasteiger partial charge in [-0.15, -0.1) is 0 Å². The van der Waals surface area contributed by atoms with E-state index in [4.69, 9.17) is 14.6 Å². The summed E-state index contributed by atoms with van der Waals surface area (Å²) in [5, 5.41) is 8.97. The number of benzene rings is 1. The van der Waals surface area contributed by atoms with E-state index in [0.29, 0.717) is 25.3 Å². The van der Waals surface area contributed by atoms with Gasteiger partial charge in [-0.05, 0) is 44.4 Å². The third-order valence-electron chi connectivity index (χ3n) is 3.74. The second-order valence-electron chi connectivity index (χ2n) is 5.50. The molecule has 0 aliphatic heterocycles. The number of amides is 1. The Kier molecular flexibility index (Phi) is 8.86. The second-order valence-corrected chi connectivity index (χ2v) is 5.50. The average Bonchev–Trinajstić information content (AvgIpc) is 2.56. The van der Waals surface area contributed by atoms with E-state index in [1.807, 2.05) is 32.0 Å². The van der Waals surface area contributed by atoms with Gasteiger partial charge in [0.2, 0.25) is 0 Å². The number of ether oxygens (including phenoxy) is 2. The maximum absolute atomic E-state index is 12.4. The lowest BCUT2D eigenvalue weighted by atomic mass is 10.1. The van der Waals surface area contributed by atoms with Gasteiger partial charge >= 0.3 is 5.97 Å². The number of hydrogen-bond acceptors (Lipinski definition) is 5. The molecule has 0 saturated heterocycles. The standard InChI is InChI=1S/C18H27NO5/c1-4-23-18(22)9-11-19(10-6-12-20)17(21)13-24-16-8-5-7-14(2)15(16)3/h5,7-8,20H,4,6,9-13H2,1-3H3. The van der Waals surface area contributed by atoms with Crippen LogP contribution in [0.4, 0.5) is 0 Å². The summed E-state index contributed by atoms with van der Waals surface area (Å²) in [6.45, 7) is 6.51. The molecule has 6 nitrogen and oxygen atoms in total. The zero-order valence-electron chi connectivity index (χ0n) is 14.7. The molecule has 24 heavy (non-hydrogen) atoms. The Morgan fingerprint density at radius 2 is 1.96 bits per heavy atom. The first-order chi connectivity index (χ1) is 11.5. The van der Waals surface area contributed by atoms with E-state index in [2.05, 4.69) is 0 Å². The van der Waals surface area contributed by atoms with Crippen LogP contribution >= 0.6 is 0 Å². The minimum atomic E-state index is -0.338. The Morgan fingerprint density at radius 3 is 2.62 bits per heavy atom. The van der Waals surface area contributed by atoms with Crippen LogP contribution < -0.4 is 4.74 Å². The first-order valence-corrected chi connectivity index (χ1v) is 8.22. The molecule has 1 aromatic carbocycles. The van der Waals surface area contributed by atoms with Crippen molar-refractivity contribution in [2.24, 2.45) is 0 Å². The van der Waals surface area contributed by atoms with Crippen molar-refractivity contribution in [1.29, 1.82) is 0 Å². The van der Waals surface area contributed by atoms with Crippen LogP contribution in [0, 0.1) is 13.8 Å². The number of aliphatic hydroxyl groups excluding tert-OH is 1. The zero-order valence-corrected chi connectivity index (χ0v) is 14.7. The molecule has 0 bridgehead atoms. The Bertz CT molecular complexity index is 544. The topological polar surface area (TPSA) is 76.1 Å². The quantitative estimate of drug-likeness (QED) is 0.659. The number of aliphatic hydroxyl groups is 1. The van der Waals surface area contributed by atoms with Gasteiger partial charge in [-0.3, -0.25) is 9.59 Å². The Morgan fingerprint density at radius 1 is 1.21 bits per heavy atom. The maximum Gasteiger partial charge on any atom is 0.307 e. The minimum absolute atomic E-state index is 0.0129. The number of carbonyl (C=O) groups excluding carboxylic acids is 2. The maximum atomic E-state index is 12.4. The fourth-order valence-electron chi connectivity index (χ4n) is 2.19. The highest BCUT2D eigenvalue weighted by molar-refractivity contribution is 5.78. The van der Waals surface area contributed by atoms with Crippen molar-refractivity contribution in [1.82, 2.24) is 4.90 Å². The van der Waals surface area contributed by atoms with Gasteiger partial charge in [-0.25, -0.2) is 0 Å². The number of hydrogen-bond donors (Lipinski definition) is 1. The van der Waals surface area contributed by atoms with Crippen LogP contribution in [0.25, 0.3) is 0 Å². The molecule has 0 aliphatic rings. The van der Waals surface area contributed by atoms with Crippen molar-refractivity contribution in [2.45, 2.75) is 33.6 Å². The molecule has 0 aromatic heterocycles. The largest absolute Gasteiger partial charge is 0.483 e. The lowest BCUT2D eigenvalue weighted by Gasteiger charge is -2.22. The molecule has 0 heterocycles. The van der Waals surface area contributed by atoms with E-state index in [-0.39, 0.29) is 38.1 Å². The van der Waals surface area contributed by atoms with Crippen molar-refractivity contribution in [3.8, 4) is 5.75 Å². The molecule has 0 saturated carbocycles. The third-order valence-corrected chi connectivity index (χ3v) is 3.74. The van der Waals surface area contributed by atoms with Crippen molar-refractivity contribution < 1.29 is 24.2 Å². The summed E-state index contributed by atoms with van der Waals surface area (Å²) in [7, 11) is 0. The summed E-state index contributed by atoms with van der Waals surface area (Å²) in [6, 6.07) is 5.69. The summed E-state index contributed by atoms with van der Waals surface area (Å²) in [6.07, 6.45) is 0.590. The summed E-state index contributed by atoms with van der Waals surface area (Å²) < 4.78 is 10.5. The van der Waals surface area contributed by atoms with E-state index >= 15 is 0 Å². The van der Waals surface area contributed by atoms with Crippen molar-refractivity contribution >= 4 is 11.9 Å². The molecule has 1 N–H and O–H groups in total. The van der Waals surface area contributed by atoms with Gasteiger partial charge in [0.25, 0.3) is 5.91 Å². The van der Waals surface area contributed by atoms with Gasteiger partial charge < -0.3 is 19.5 Å². The number of carbonyl (C=O) groups is 2. The Hall–Kier alpha value is -2.08. The normalized spacial score (nSPS) is 10.3. The van der Waals surface area contributed by atoms with E-state index < -0.39 is 0 Å². The third kappa shape index (κ3) is 6.58. The first-order valence-electron chi connectivity index (χ1n) is 8.22. The highest BCUT2D eigenvalue weighted by Crippen LogP contribution is 2.20. The van der Waals surface area contributed by atoms with Gasteiger partial charge in [0.05, 0.1) is 13.0 Å². The molecule has 134 valence electrons. The zero-order chi connectivity index (χ0) is 17.9. The van der Waals surface area contributed by atoms with Crippen molar-refractivity contribution in [3.63, 3.8) is 0 Å². The van der Waals surface area contributed by atoms with Crippen molar-refractivity contribution in [3.05, 3.63) is 29.3 Å². The number of aryl methyl sites for hydroxylation is 1. The summed E-state index contributed by atoms with van der Waals surface area (Å²) >= 11 is 0. The first kappa shape index (κ1) is 20.0. The van der Waals surface area contributed by atoms with Crippen LogP contribution in [0.3, 0.4) is 0 Å². The van der Waals surface area contributed by atoms with Gasteiger partial charge in [0, 0.05) is 19.7 Å². The number of nitrogens with zero attached hydrogens (tertiary/aromatic N) is 1. The second kappa shape index (κ2) is 10.6. The van der Waals surface area contributed by atoms with Crippen LogP contribution in [-0.4, -0.2) is 54.8 Å². The predicted octanol–water partition coefficient (Wildman–Crippen LogP) is 1.85. The van der Waals surface area contributed by atoms with Gasteiger partial charge in [0.15, 0.2) is 6.61 Å². The van der Waals surface area contributed by atoms with E-state index in [0.717, 1.165) is 11.1 Å². The van der Waals surface area contributed by atoms with E-state index in [1.165, 1.54) is 4.90 Å². The molecule has 0 unspecified atom stereocenters. The average molecular weight is 337 g/mol. The van der Waals surface area contributed by atoms with E-state index in [9.17, 15) is 9.59 Å². The predicted molar refractivity (Wildman–Crippen MR) is 90.9 cm³/mol. The fraction of sp³-hybridized carbons (Fsp3) is 0.556. The molecule has 0 aliphatic carbocycles. The summed E-state index contributed by atoms with van der Waals surface area (Å²) in [5.41, 5.74) is 2.10. The summed E-state index contributed by atoms with van der Waals surface area (Å²) in [4.78, 5) is 25.3. The SMILES string of the molecule is CCOC(=O)CCN(CCCO)C(=O)COc1cccc(C)c1C. The number of rotatable bonds is 10. The van der Waals surface area contributed by atoms with Crippen LogP contribution in [0.2, 0.25) is 0 Å². The monoisotopic (exact) mass is 337 g/mol. The molecule has 1 amide bonds. The lowest BCUT2D eigenvalue weighted by Crippen LogP contribution is -2.37. The summed E-state index contributed by atoms with van der Waals surface area (Å²) in [5.74, 6) is 0.124. The Balaban J connectivity index is 2.59. The van der Waals surface area contributed by atoms with Crippen LogP contribution in [0.5, 0.6) is 5.75 Å². The van der Waals surface area contributed by atoms with Crippen LogP contribution in [0.15, 0.2) is 18.2 Å². The minimum Gasteiger partial charge on any atom is -0.483 e. The van der Waals surface area contributed by atoms with Gasteiger partial charge in [0.1, 0.15) is 5.75 Å². The molecule has 0 fully saturated rings. The Labute approximate surface area is 143 Å². The molecular formula is C18H27NO5. The van der Waals surface area contributed by atoms with Crippen LogP contribution in [0.1, 0.15) is 30.9 Å². The number of esters is 1. The van der Waals surface area contributed by atoms with E-state index in [1.54, 1.807) is 6.92 Å². The molecule has 0 atom stereocenters. The smallest absolute Gasteiger partial charge is 0.307 e. The fourth-order valence-corrected chi connectivity index (χ4v) is 2.19. The molecule has 0 spiro atoms. The highest BCUT2D eigenvalue weighted by Gasteiger charge is 2.16.